The van der Waals surface area contributed by atoms with Gasteiger partial charge in [-0.25, -0.2) is 4.98 Å². The van der Waals surface area contributed by atoms with E-state index in [0.717, 1.165) is 37.1 Å². The number of hydrogen-bond acceptors (Lipinski definition) is 6. The first kappa shape index (κ1) is 26.7. The summed E-state index contributed by atoms with van der Waals surface area (Å²) in [6.45, 7) is 4.96. The number of benzene rings is 2. The van der Waals surface area contributed by atoms with Crippen LogP contribution in [0.25, 0.3) is 0 Å². The minimum absolute atomic E-state index is 0.136. The average Bonchev–Trinajstić information content (AvgIpc) is 2.88. The number of aromatic nitrogens is 2. The van der Waals surface area contributed by atoms with E-state index in [2.05, 4.69) is 27.5 Å². The Kier molecular flexibility index (Phi) is 10.2. The molecule has 1 atom stereocenters. The molecule has 2 aromatic carbocycles. The summed E-state index contributed by atoms with van der Waals surface area (Å²) in [7, 11) is 1.95. The first-order valence-electron chi connectivity index (χ1n) is 12.4. The number of amides is 2. The van der Waals surface area contributed by atoms with E-state index >= 15 is 0 Å². The van der Waals surface area contributed by atoms with Gasteiger partial charge in [0.1, 0.15) is 23.4 Å². The molecule has 190 valence electrons. The van der Waals surface area contributed by atoms with Gasteiger partial charge in [0.25, 0.3) is 0 Å². The number of para-hydroxylation sites is 1. The van der Waals surface area contributed by atoms with Crippen LogP contribution >= 0.6 is 0 Å². The third kappa shape index (κ3) is 8.37. The predicted octanol–water partition coefficient (Wildman–Crippen LogP) is 4.97. The van der Waals surface area contributed by atoms with Crippen LogP contribution in [-0.4, -0.2) is 41.4 Å². The van der Waals surface area contributed by atoms with E-state index in [-0.39, 0.29) is 18.2 Å². The molecule has 1 heterocycles. The molecule has 2 N–H and O–H groups in total. The molecule has 0 aliphatic heterocycles. The van der Waals surface area contributed by atoms with Crippen molar-refractivity contribution in [1.29, 1.82) is 0 Å². The summed E-state index contributed by atoms with van der Waals surface area (Å²) < 4.78 is 5.86. The maximum absolute atomic E-state index is 13.0. The number of carbonyl (C=O) groups excluding carboxylic acids is 2. The highest BCUT2D eigenvalue weighted by atomic mass is 16.5. The number of nitrogens with one attached hydrogen (secondary N) is 2. The Labute approximate surface area is 213 Å². The monoisotopic (exact) mass is 489 g/mol. The van der Waals surface area contributed by atoms with Crippen LogP contribution in [0, 0.1) is 0 Å². The second-order valence-electron chi connectivity index (χ2n) is 8.67. The number of hydrogen-bond donors (Lipinski definition) is 2. The first-order chi connectivity index (χ1) is 17.5. The third-order valence-corrected chi connectivity index (χ3v) is 5.58. The summed E-state index contributed by atoms with van der Waals surface area (Å²) in [4.78, 5) is 36.5. The van der Waals surface area contributed by atoms with Gasteiger partial charge in [0.05, 0.1) is 18.8 Å². The van der Waals surface area contributed by atoms with Crippen molar-refractivity contribution in [1.82, 2.24) is 15.3 Å². The molecule has 0 radical (unpaired) electrons. The summed E-state index contributed by atoms with van der Waals surface area (Å²) in [5.74, 6) is 1.88. The zero-order chi connectivity index (χ0) is 25.8. The Morgan fingerprint density at radius 3 is 2.53 bits per heavy atom. The molecule has 3 rings (SSSR count). The van der Waals surface area contributed by atoms with E-state index in [0.29, 0.717) is 23.8 Å². The van der Waals surface area contributed by atoms with Crippen LogP contribution in [-0.2, 0) is 16.0 Å². The zero-order valence-electron chi connectivity index (χ0n) is 21.2. The summed E-state index contributed by atoms with van der Waals surface area (Å²) in [5, 5.41) is 5.68. The summed E-state index contributed by atoms with van der Waals surface area (Å²) in [5.41, 5.74) is 0.797. The fourth-order valence-corrected chi connectivity index (χ4v) is 3.65. The lowest BCUT2D eigenvalue weighted by Gasteiger charge is -2.20. The maximum Gasteiger partial charge on any atom is 0.248 e. The van der Waals surface area contributed by atoms with Crippen molar-refractivity contribution in [2.24, 2.45) is 0 Å². The third-order valence-electron chi connectivity index (χ3n) is 5.58. The lowest BCUT2D eigenvalue weighted by atomic mass is 10.1. The molecular formula is C28H35N5O3. The molecule has 0 saturated carbocycles. The van der Waals surface area contributed by atoms with Gasteiger partial charge in [-0.1, -0.05) is 57.0 Å². The molecular weight excluding hydrogens is 454 g/mol. The highest BCUT2D eigenvalue weighted by Crippen LogP contribution is 2.22. The lowest BCUT2D eigenvalue weighted by molar-refractivity contribution is -0.126. The number of anilines is 2. The maximum atomic E-state index is 13.0. The van der Waals surface area contributed by atoms with E-state index in [1.807, 2.05) is 73.5 Å². The van der Waals surface area contributed by atoms with Crippen molar-refractivity contribution in [3.05, 3.63) is 72.6 Å². The fourth-order valence-electron chi connectivity index (χ4n) is 3.65. The van der Waals surface area contributed by atoms with Crippen LogP contribution in [0.2, 0.25) is 0 Å². The van der Waals surface area contributed by atoms with Crippen molar-refractivity contribution >= 4 is 23.5 Å². The SMILES string of the molecule is CCCCN(C)c1cncc(NC(=O)C(CCC)NC(=O)Cc2cccc(Oc3ccccc3)c2)n1. The quantitative estimate of drug-likeness (QED) is 0.352. The Bertz CT molecular complexity index is 1120. The molecule has 8 heteroatoms. The van der Waals surface area contributed by atoms with E-state index in [4.69, 9.17) is 4.74 Å². The van der Waals surface area contributed by atoms with Gasteiger partial charge in [-0.15, -0.1) is 0 Å². The Morgan fingerprint density at radius 1 is 1.00 bits per heavy atom. The molecule has 2 amide bonds. The smallest absolute Gasteiger partial charge is 0.248 e. The second-order valence-corrected chi connectivity index (χ2v) is 8.67. The largest absolute Gasteiger partial charge is 0.457 e. The summed E-state index contributed by atoms with van der Waals surface area (Å²) in [6, 6.07) is 16.2. The van der Waals surface area contributed by atoms with Crippen LogP contribution in [0.5, 0.6) is 11.5 Å². The highest BCUT2D eigenvalue weighted by Gasteiger charge is 2.21. The molecule has 36 heavy (non-hydrogen) atoms. The molecule has 1 unspecified atom stereocenters. The molecule has 0 spiro atoms. The number of nitrogens with zero attached hydrogens (tertiary/aromatic N) is 3. The van der Waals surface area contributed by atoms with Gasteiger partial charge in [0, 0.05) is 13.6 Å². The Balaban J connectivity index is 1.60. The lowest BCUT2D eigenvalue weighted by Crippen LogP contribution is -2.44. The molecule has 0 aliphatic rings. The second kappa shape index (κ2) is 13.8. The number of unbranched alkanes of at least 4 members (excludes halogenated alkanes) is 1. The van der Waals surface area contributed by atoms with Gasteiger partial charge in [-0.2, -0.15) is 0 Å². The minimum Gasteiger partial charge on any atom is -0.457 e. The summed E-state index contributed by atoms with van der Waals surface area (Å²) in [6.07, 6.45) is 6.70. The van der Waals surface area contributed by atoms with Crippen molar-refractivity contribution in [2.75, 3.05) is 23.8 Å². The molecule has 0 fully saturated rings. The standard InChI is InChI=1S/C28H35N5O3/c1-4-6-16-33(3)26-20-29-19-25(31-26)32-28(35)24(11-5-2)30-27(34)18-21-12-10-15-23(17-21)36-22-13-8-7-9-14-22/h7-10,12-15,17,19-20,24H,4-6,11,16,18H2,1-3H3,(H,30,34)(H,31,32,35). The number of ether oxygens (including phenoxy) is 1. The highest BCUT2D eigenvalue weighted by molar-refractivity contribution is 5.96. The molecule has 3 aromatic rings. The van der Waals surface area contributed by atoms with Crippen molar-refractivity contribution in [3.8, 4) is 11.5 Å². The van der Waals surface area contributed by atoms with E-state index in [1.54, 1.807) is 6.20 Å². The fraction of sp³-hybridized carbons (Fsp3) is 0.357. The van der Waals surface area contributed by atoms with Crippen LogP contribution in [0.1, 0.15) is 45.1 Å². The van der Waals surface area contributed by atoms with Crippen molar-refractivity contribution in [3.63, 3.8) is 0 Å². The Hall–Kier alpha value is -3.94. The van der Waals surface area contributed by atoms with Crippen molar-refractivity contribution in [2.45, 2.75) is 52.0 Å². The number of rotatable bonds is 13. The molecule has 8 nitrogen and oxygen atoms in total. The molecule has 1 aromatic heterocycles. The van der Waals surface area contributed by atoms with E-state index in [9.17, 15) is 9.59 Å². The van der Waals surface area contributed by atoms with Gasteiger partial charge < -0.3 is 20.3 Å². The van der Waals surface area contributed by atoms with Crippen LogP contribution in [0.15, 0.2) is 67.0 Å². The van der Waals surface area contributed by atoms with Crippen LogP contribution in [0.4, 0.5) is 11.6 Å². The van der Waals surface area contributed by atoms with Gasteiger partial charge in [0.15, 0.2) is 5.82 Å². The van der Waals surface area contributed by atoms with E-state index in [1.165, 1.54) is 6.20 Å². The van der Waals surface area contributed by atoms with Crippen LogP contribution in [0.3, 0.4) is 0 Å². The van der Waals surface area contributed by atoms with Gasteiger partial charge in [0.2, 0.25) is 11.8 Å². The van der Waals surface area contributed by atoms with Gasteiger partial charge in [-0.05, 0) is 42.7 Å². The minimum atomic E-state index is -0.672. The molecule has 0 aliphatic carbocycles. The van der Waals surface area contributed by atoms with Gasteiger partial charge in [-0.3, -0.25) is 14.6 Å². The summed E-state index contributed by atoms with van der Waals surface area (Å²) >= 11 is 0. The van der Waals surface area contributed by atoms with Gasteiger partial charge >= 0.3 is 0 Å². The first-order valence-corrected chi connectivity index (χ1v) is 12.4. The van der Waals surface area contributed by atoms with Crippen molar-refractivity contribution < 1.29 is 14.3 Å². The Morgan fingerprint density at radius 2 is 1.78 bits per heavy atom. The topological polar surface area (TPSA) is 96.5 Å². The average molecular weight is 490 g/mol. The molecule has 0 saturated heterocycles. The zero-order valence-corrected chi connectivity index (χ0v) is 21.2. The number of carbonyl (C=O) groups is 2. The molecule has 0 bridgehead atoms. The van der Waals surface area contributed by atoms with Crippen LogP contribution < -0.4 is 20.3 Å². The van der Waals surface area contributed by atoms with E-state index < -0.39 is 6.04 Å². The predicted molar refractivity (Wildman–Crippen MR) is 142 cm³/mol. The normalized spacial score (nSPS) is 11.4.